The summed E-state index contributed by atoms with van der Waals surface area (Å²) in [7, 11) is 1.22. The number of esters is 1. The minimum atomic E-state index is -0.642. The Hall–Kier alpha value is -1.38. The fourth-order valence-electron chi connectivity index (χ4n) is 1.73. The Kier molecular flexibility index (Phi) is 4.56. The normalized spacial score (nSPS) is 23.2. The van der Waals surface area contributed by atoms with Gasteiger partial charge in [0.1, 0.15) is 0 Å². The maximum atomic E-state index is 12.0. The van der Waals surface area contributed by atoms with Gasteiger partial charge in [-0.25, -0.2) is 4.79 Å². The van der Waals surface area contributed by atoms with Gasteiger partial charge in [-0.05, 0) is 11.8 Å². The smallest absolute Gasteiger partial charge is 0.331 e. The molecule has 0 radical (unpaired) electrons. The van der Waals surface area contributed by atoms with Gasteiger partial charge in [0.25, 0.3) is 11.1 Å². The number of thioether (sulfide) groups is 1. The van der Waals surface area contributed by atoms with Gasteiger partial charge in [-0.3, -0.25) is 19.4 Å². The van der Waals surface area contributed by atoms with Crippen LogP contribution in [0.2, 0.25) is 0 Å². The molecular weight excluding hydrogens is 272 g/mol. The second-order valence-electron chi connectivity index (χ2n) is 4.00. The van der Waals surface area contributed by atoms with Crippen LogP contribution in [0.1, 0.15) is 0 Å². The maximum Gasteiger partial charge on any atom is 0.331 e. The molecule has 2 heterocycles. The Labute approximate surface area is 114 Å². The van der Waals surface area contributed by atoms with Crippen LogP contribution >= 0.6 is 11.8 Å². The third kappa shape index (κ3) is 3.34. The number of hydrogen-bond donors (Lipinski definition) is 0. The molecule has 0 saturated carbocycles. The summed E-state index contributed by atoms with van der Waals surface area (Å²) in [6.07, 6.45) is 1.05. The second-order valence-corrected chi connectivity index (χ2v) is 5.00. The fourth-order valence-corrected chi connectivity index (χ4v) is 2.52. The van der Waals surface area contributed by atoms with Crippen molar-refractivity contribution in [3.05, 3.63) is 11.0 Å². The van der Waals surface area contributed by atoms with Gasteiger partial charge in [0.2, 0.25) is 0 Å². The lowest BCUT2D eigenvalue weighted by atomic mass is 10.4. The van der Waals surface area contributed by atoms with Crippen LogP contribution < -0.4 is 0 Å². The molecule has 2 saturated heterocycles. The predicted octanol–water partition coefficient (Wildman–Crippen LogP) is 0.0284. The van der Waals surface area contributed by atoms with Crippen LogP contribution in [0, 0.1) is 0 Å². The largest absolute Gasteiger partial charge is 0.466 e. The number of amides is 2. The fraction of sp³-hybridized carbons (Fsp3) is 0.545. The molecule has 8 heteroatoms. The summed E-state index contributed by atoms with van der Waals surface area (Å²) in [5, 5.41) is -0.369. The first kappa shape index (κ1) is 14.0. The predicted molar refractivity (Wildman–Crippen MR) is 67.2 cm³/mol. The van der Waals surface area contributed by atoms with E-state index in [0.717, 1.165) is 22.7 Å². The molecule has 2 rings (SSSR count). The van der Waals surface area contributed by atoms with Crippen molar-refractivity contribution in [1.82, 2.24) is 9.80 Å². The highest BCUT2D eigenvalue weighted by atomic mass is 32.2. The quantitative estimate of drug-likeness (QED) is 0.535. The zero-order valence-corrected chi connectivity index (χ0v) is 11.3. The van der Waals surface area contributed by atoms with E-state index >= 15 is 0 Å². The molecule has 0 unspecified atom stereocenters. The average molecular weight is 286 g/mol. The zero-order valence-electron chi connectivity index (χ0n) is 10.5. The van der Waals surface area contributed by atoms with Gasteiger partial charge < -0.3 is 9.47 Å². The van der Waals surface area contributed by atoms with Crippen molar-refractivity contribution in [2.75, 3.05) is 40.1 Å². The molecule has 0 aromatic rings. The number of morpholine rings is 1. The van der Waals surface area contributed by atoms with Gasteiger partial charge in [-0.2, -0.15) is 0 Å². The third-order valence-electron chi connectivity index (χ3n) is 2.77. The van der Waals surface area contributed by atoms with Crippen LogP contribution in [0.3, 0.4) is 0 Å². The SMILES string of the molecule is COC(=O)/C=C1\SC(=O)N(CN2CCOCC2)C1=O. The first-order chi connectivity index (χ1) is 9.11. The number of rotatable bonds is 3. The molecule has 2 amide bonds. The highest BCUT2D eigenvalue weighted by Crippen LogP contribution is 2.30. The first-order valence-electron chi connectivity index (χ1n) is 5.75. The van der Waals surface area contributed by atoms with E-state index in [0.29, 0.717) is 26.3 Å². The Morgan fingerprint density at radius 1 is 1.42 bits per heavy atom. The molecule has 0 aromatic carbocycles. The first-order valence-corrected chi connectivity index (χ1v) is 6.57. The molecule has 0 bridgehead atoms. The molecular formula is C11H14N2O5S. The number of imide groups is 1. The summed E-state index contributed by atoms with van der Waals surface area (Å²) in [6, 6.07) is 0. The minimum absolute atomic E-state index is 0.102. The molecule has 0 N–H and O–H groups in total. The van der Waals surface area contributed by atoms with E-state index in [2.05, 4.69) is 4.74 Å². The average Bonchev–Trinajstić information content (AvgIpc) is 2.67. The molecule has 0 aromatic heterocycles. The van der Waals surface area contributed by atoms with Crippen molar-refractivity contribution < 1.29 is 23.9 Å². The number of hydrogen-bond acceptors (Lipinski definition) is 7. The molecule has 0 aliphatic carbocycles. The van der Waals surface area contributed by atoms with Gasteiger partial charge in [0, 0.05) is 19.2 Å². The topological polar surface area (TPSA) is 76.2 Å². The van der Waals surface area contributed by atoms with E-state index < -0.39 is 11.9 Å². The summed E-state index contributed by atoms with van der Waals surface area (Å²) >= 11 is 0.754. The summed E-state index contributed by atoms with van der Waals surface area (Å²) in [6.45, 7) is 2.77. The number of carbonyl (C=O) groups excluding carboxylic acids is 3. The summed E-state index contributed by atoms with van der Waals surface area (Å²) < 4.78 is 9.64. The highest BCUT2D eigenvalue weighted by molar-refractivity contribution is 8.18. The Morgan fingerprint density at radius 3 is 2.74 bits per heavy atom. The molecule has 0 atom stereocenters. The van der Waals surface area contributed by atoms with E-state index in [-0.39, 0.29) is 16.8 Å². The molecule has 2 fully saturated rings. The molecule has 104 valence electrons. The number of nitrogens with zero attached hydrogens (tertiary/aromatic N) is 2. The van der Waals surface area contributed by atoms with Gasteiger partial charge >= 0.3 is 5.97 Å². The molecule has 2 aliphatic heterocycles. The van der Waals surface area contributed by atoms with Gasteiger partial charge in [-0.1, -0.05) is 0 Å². The van der Waals surface area contributed by atoms with Crippen LogP contribution in [-0.2, 0) is 19.1 Å². The van der Waals surface area contributed by atoms with E-state index in [1.54, 1.807) is 0 Å². The molecule has 2 aliphatic rings. The van der Waals surface area contributed by atoms with Gasteiger partial charge in [0.15, 0.2) is 0 Å². The molecule has 19 heavy (non-hydrogen) atoms. The summed E-state index contributed by atoms with van der Waals surface area (Å²) in [4.78, 5) is 38.0. The van der Waals surface area contributed by atoms with Crippen molar-refractivity contribution in [2.45, 2.75) is 0 Å². The van der Waals surface area contributed by atoms with Crippen molar-refractivity contribution in [1.29, 1.82) is 0 Å². The van der Waals surface area contributed by atoms with Crippen LogP contribution in [0.5, 0.6) is 0 Å². The number of carbonyl (C=O) groups is 3. The Morgan fingerprint density at radius 2 is 2.11 bits per heavy atom. The van der Waals surface area contributed by atoms with Crippen LogP contribution in [0.4, 0.5) is 4.79 Å². The lowest BCUT2D eigenvalue weighted by Gasteiger charge is -2.29. The van der Waals surface area contributed by atoms with Crippen molar-refractivity contribution >= 4 is 28.9 Å². The van der Waals surface area contributed by atoms with Crippen molar-refractivity contribution in [2.24, 2.45) is 0 Å². The second kappa shape index (κ2) is 6.18. The lowest BCUT2D eigenvalue weighted by Crippen LogP contribution is -2.45. The number of ether oxygens (including phenoxy) is 2. The third-order valence-corrected chi connectivity index (χ3v) is 3.68. The summed E-state index contributed by atoms with van der Waals surface area (Å²) in [5.74, 6) is -1.09. The van der Waals surface area contributed by atoms with Crippen LogP contribution in [0.15, 0.2) is 11.0 Å². The summed E-state index contributed by atoms with van der Waals surface area (Å²) in [5.41, 5.74) is 0. The van der Waals surface area contributed by atoms with E-state index in [1.165, 1.54) is 7.11 Å². The molecule has 0 spiro atoms. The standard InChI is InChI=1S/C11H14N2O5S/c1-17-9(14)6-8-10(15)13(11(16)19-8)7-12-2-4-18-5-3-12/h6H,2-5,7H2,1H3/b8-6-. The lowest BCUT2D eigenvalue weighted by molar-refractivity contribution is -0.135. The Bertz CT molecular complexity index is 431. The maximum absolute atomic E-state index is 12.0. The van der Waals surface area contributed by atoms with Crippen LogP contribution in [0.25, 0.3) is 0 Å². The van der Waals surface area contributed by atoms with E-state index in [4.69, 9.17) is 4.74 Å². The van der Waals surface area contributed by atoms with Crippen molar-refractivity contribution in [3.63, 3.8) is 0 Å². The van der Waals surface area contributed by atoms with Gasteiger partial charge in [-0.15, -0.1) is 0 Å². The number of methoxy groups -OCH3 is 1. The zero-order chi connectivity index (χ0) is 13.8. The highest BCUT2D eigenvalue weighted by Gasteiger charge is 2.36. The van der Waals surface area contributed by atoms with Crippen LogP contribution in [-0.4, -0.2) is 67.0 Å². The van der Waals surface area contributed by atoms with E-state index in [1.807, 2.05) is 4.90 Å². The van der Waals surface area contributed by atoms with Gasteiger partial charge in [0.05, 0.1) is 31.9 Å². The minimum Gasteiger partial charge on any atom is -0.466 e. The van der Waals surface area contributed by atoms with Crippen molar-refractivity contribution in [3.8, 4) is 0 Å². The van der Waals surface area contributed by atoms with E-state index in [9.17, 15) is 14.4 Å². The monoisotopic (exact) mass is 286 g/mol. The molecule has 7 nitrogen and oxygen atoms in total. The Balaban J connectivity index is 2.01.